The van der Waals surface area contributed by atoms with E-state index in [4.69, 9.17) is 9.26 Å². The Bertz CT molecular complexity index is 953. The average Bonchev–Trinajstić information content (AvgIpc) is 3.38. The van der Waals surface area contributed by atoms with Crippen LogP contribution in [0.2, 0.25) is 0 Å². The van der Waals surface area contributed by atoms with Crippen LogP contribution in [0.15, 0.2) is 16.8 Å². The van der Waals surface area contributed by atoms with E-state index >= 15 is 0 Å². The highest BCUT2D eigenvalue weighted by Crippen LogP contribution is 2.26. The largest absolute Gasteiger partial charge is 0.477 e. The van der Waals surface area contributed by atoms with Crippen LogP contribution in [0.4, 0.5) is 6.01 Å². The van der Waals surface area contributed by atoms with Gasteiger partial charge in [0.15, 0.2) is 5.82 Å². The van der Waals surface area contributed by atoms with Gasteiger partial charge in [0.1, 0.15) is 0 Å². The number of hydrogen-bond donors (Lipinski definition) is 1. The molecule has 1 amide bonds. The van der Waals surface area contributed by atoms with Crippen LogP contribution in [0.5, 0.6) is 5.88 Å². The van der Waals surface area contributed by atoms with Gasteiger partial charge in [-0.05, 0) is 56.1 Å². The second-order valence-electron chi connectivity index (χ2n) is 11.0. The zero-order valence-corrected chi connectivity index (χ0v) is 23.6. The first-order chi connectivity index (χ1) is 17.9. The van der Waals surface area contributed by atoms with Gasteiger partial charge in [-0.2, -0.15) is 4.98 Å². The molecule has 1 saturated heterocycles. The van der Waals surface area contributed by atoms with Gasteiger partial charge in [-0.3, -0.25) is 4.79 Å². The third-order valence-electron chi connectivity index (χ3n) is 7.44. The van der Waals surface area contributed by atoms with Gasteiger partial charge in [-0.15, -0.1) is 0 Å². The fourth-order valence-corrected chi connectivity index (χ4v) is 4.66. The number of carbonyl (C=O) groups excluding carboxylic acids is 1. The van der Waals surface area contributed by atoms with E-state index in [0.29, 0.717) is 36.8 Å². The lowest BCUT2D eigenvalue weighted by Crippen LogP contribution is -2.33. The van der Waals surface area contributed by atoms with Gasteiger partial charge in [0.2, 0.25) is 11.8 Å². The second kappa shape index (κ2) is 14.9. The zero-order valence-electron chi connectivity index (χ0n) is 23.6. The topological polar surface area (TPSA) is 93.4 Å². The van der Waals surface area contributed by atoms with Crippen molar-refractivity contribution < 1.29 is 14.1 Å². The number of nitrogens with zero attached hydrogens (tertiary/aromatic N) is 4. The molecule has 0 spiro atoms. The first-order valence-corrected chi connectivity index (χ1v) is 14.3. The van der Waals surface area contributed by atoms with Crippen molar-refractivity contribution in [3.8, 4) is 5.88 Å². The highest BCUT2D eigenvalue weighted by atomic mass is 16.5. The van der Waals surface area contributed by atoms with Crippen LogP contribution in [-0.4, -0.2) is 47.3 Å². The van der Waals surface area contributed by atoms with Gasteiger partial charge < -0.3 is 19.5 Å². The van der Waals surface area contributed by atoms with Crippen LogP contribution in [0.25, 0.3) is 0 Å². The van der Waals surface area contributed by atoms with Crippen LogP contribution in [0.1, 0.15) is 102 Å². The summed E-state index contributed by atoms with van der Waals surface area (Å²) in [6, 6.07) is 2.69. The molecule has 0 saturated carbocycles. The molecule has 1 aliphatic rings. The van der Waals surface area contributed by atoms with Gasteiger partial charge in [0.25, 0.3) is 0 Å². The number of aryl methyl sites for hydroxylation is 1. The van der Waals surface area contributed by atoms with E-state index in [1.807, 2.05) is 13.0 Å². The molecule has 1 aliphatic heterocycles. The number of carbonyl (C=O) groups is 1. The first kappa shape index (κ1) is 28.9. The Labute approximate surface area is 223 Å². The first-order valence-electron chi connectivity index (χ1n) is 14.3. The predicted molar refractivity (Wildman–Crippen MR) is 147 cm³/mol. The molecule has 0 aromatic carbocycles. The fourth-order valence-electron chi connectivity index (χ4n) is 4.66. The molecule has 0 bridgehead atoms. The molecule has 8 heteroatoms. The summed E-state index contributed by atoms with van der Waals surface area (Å²) < 4.78 is 11.4. The van der Waals surface area contributed by atoms with Crippen LogP contribution in [0, 0.1) is 18.8 Å². The SMILES string of the molecule is CCC(C)CCNC(=O)Cc1cnc(OCCCCCC2CCN(c3nc(C(C)C)no3)CC2)c(C)c1. The number of pyridine rings is 1. The summed E-state index contributed by atoms with van der Waals surface area (Å²) in [5.41, 5.74) is 1.91. The van der Waals surface area contributed by atoms with Crippen LogP contribution in [0.3, 0.4) is 0 Å². The smallest absolute Gasteiger partial charge is 0.324 e. The lowest BCUT2D eigenvalue weighted by molar-refractivity contribution is -0.120. The molecule has 0 aliphatic carbocycles. The van der Waals surface area contributed by atoms with Crippen LogP contribution >= 0.6 is 0 Å². The van der Waals surface area contributed by atoms with Crippen molar-refractivity contribution in [3.05, 3.63) is 29.2 Å². The Morgan fingerprint density at radius 1 is 1.22 bits per heavy atom. The lowest BCUT2D eigenvalue weighted by atomic mass is 9.91. The number of anilines is 1. The van der Waals surface area contributed by atoms with E-state index in [9.17, 15) is 4.79 Å². The van der Waals surface area contributed by atoms with Crippen molar-refractivity contribution >= 4 is 11.9 Å². The third-order valence-corrected chi connectivity index (χ3v) is 7.44. The summed E-state index contributed by atoms with van der Waals surface area (Å²) in [7, 11) is 0. The molecule has 3 heterocycles. The Morgan fingerprint density at radius 2 is 2.00 bits per heavy atom. The number of piperidine rings is 1. The average molecular weight is 514 g/mol. The highest BCUT2D eigenvalue weighted by Gasteiger charge is 2.23. The van der Waals surface area contributed by atoms with Crippen molar-refractivity contribution in [1.29, 1.82) is 0 Å². The monoisotopic (exact) mass is 513 g/mol. The van der Waals surface area contributed by atoms with E-state index in [0.717, 1.165) is 68.2 Å². The Kier molecular flexibility index (Phi) is 11.7. The summed E-state index contributed by atoms with van der Waals surface area (Å²) in [5.74, 6) is 3.22. The number of ether oxygens (including phenoxy) is 1. The van der Waals surface area contributed by atoms with Crippen molar-refractivity contribution in [1.82, 2.24) is 20.4 Å². The molecular weight excluding hydrogens is 466 g/mol. The maximum Gasteiger partial charge on any atom is 0.324 e. The zero-order chi connectivity index (χ0) is 26.6. The number of nitrogens with one attached hydrogen (secondary N) is 1. The van der Waals surface area contributed by atoms with Gasteiger partial charge >= 0.3 is 6.01 Å². The summed E-state index contributed by atoms with van der Waals surface area (Å²) >= 11 is 0. The molecule has 1 N–H and O–H groups in total. The van der Waals surface area contributed by atoms with Gasteiger partial charge in [-0.1, -0.05) is 58.5 Å². The minimum absolute atomic E-state index is 0.0544. The maximum absolute atomic E-state index is 12.2. The summed E-state index contributed by atoms with van der Waals surface area (Å²) in [4.78, 5) is 23.4. The second-order valence-corrected chi connectivity index (χ2v) is 11.0. The fraction of sp³-hybridized carbons (Fsp3) is 0.724. The number of rotatable bonds is 15. The maximum atomic E-state index is 12.2. The number of hydrogen-bond acceptors (Lipinski definition) is 7. The Hall–Kier alpha value is -2.64. The summed E-state index contributed by atoms with van der Waals surface area (Å²) in [6.07, 6.45) is 11.3. The minimum Gasteiger partial charge on any atom is -0.477 e. The summed E-state index contributed by atoms with van der Waals surface area (Å²) in [5, 5.41) is 7.10. The molecule has 1 unspecified atom stereocenters. The predicted octanol–water partition coefficient (Wildman–Crippen LogP) is 5.85. The summed E-state index contributed by atoms with van der Waals surface area (Å²) in [6.45, 7) is 14.0. The van der Waals surface area contributed by atoms with Crippen molar-refractivity contribution in [3.63, 3.8) is 0 Å². The highest BCUT2D eigenvalue weighted by molar-refractivity contribution is 5.78. The molecule has 8 nitrogen and oxygen atoms in total. The Morgan fingerprint density at radius 3 is 2.68 bits per heavy atom. The van der Waals surface area contributed by atoms with Gasteiger partial charge in [0, 0.05) is 37.3 Å². The molecule has 2 aromatic rings. The quantitative estimate of drug-likeness (QED) is 0.299. The molecular formula is C29H47N5O3. The molecule has 1 atom stereocenters. The van der Waals surface area contributed by atoms with Gasteiger partial charge in [-0.25, -0.2) is 4.98 Å². The number of amides is 1. The van der Waals surface area contributed by atoms with E-state index < -0.39 is 0 Å². The molecule has 206 valence electrons. The lowest BCUT2D eigenvalue weighted by Gasteiger charge is -2.30. The molecule has 3 rings (SSSR count). The van der Waals surface area contributed by atoms with Crippen LogP contribution in [-0.2, 0) is 11.2 Å². The van der Waals surface area contributed by atoms with Crippen molar-refractivity contribution in [2.24, 2.45) is 11.8 Å². The third kappa shape index (κ3) is 9.63. The molecule has 1 fully saturated rings. The van der Waals surface area contributed by atoms with Crippen molar-refractivity contribution in [2.45, 2.75) is 98.3 Å². The number of aromatic nitrogens is 3. The van der Waals surface area contributed by atoms with Gasteiger partial charge in [0.05, 0.1) is 13.0 Å². The molecule has 37 heavy (non-hydrogen) atoms. The van der Waals surface area contributed by atoms with E-state index in [1.54, 1.807) is 6.20 Å². The minimum atomic E-state index is 0.0544. The van der Waals surface area contributed by atoms with Crippen molar-refractivity contribution in [2.75, 3.05) is 31.1 Å². The van der Waals surface area contributed by atoms with Crippen LogP contribution < -0.4 is 15.0 Å². The normalized spacial score (nSPS) is 15.2. The van der Waals surface area contributed by atoms with E-state index in [2.05, 4.69) is 53.0 Å². The van der Waals surface area contributed by atoms with E-state index in [1.165, 1.54) is 25.7 Å². The van der Waals surface area contributed by atoms with E-state index in [-0.39, 0.29) is 5.91 Å². The molecule has 2 aromatic heterocycles. The molecule has 0 radical (unpaired) electrons. The standard InChI is InChI=1S/C29H47N5O3/c1-6-22(4)11-14-30-26(35)19-25-18-23(5)28(31-20-25)36-17-9-7-8-10-24-12-15-34(16-13-24)29-32-27(21(2)3)33-37-29/h18,20-22,24H,6-17,19H2,1-5H3,(H,30,35). The number of unbranched alkanes of at least 4 members (excludes halogenated alkanes) is 2. The Balaban J connectivity index is 1.26.